The van der Waals surface area contributed by atoms with Crippen molar-refractivity contribution in [3.05, 3.63) is 35.6 Å². The summed E-state index contributed by atoms with van der Waals surface area (Å²) in [4.78, 5) is 26.1. The van der Waals surface area contributed by atoms with Gasteiger partial charge in [-0.25, -0.2) is 4.39 Å². The number of benzene rings is 1. The lowest BCUT2D eigenvalue weighted by molar-refractivity contribution is -0.136. The Labute approximate surface area is 154 Å². The third kappa shape index (κ3) is 4.23. The zero-order valence-corrected chi connectivity index (χ0v) is 15.3. The molecule has 1 saturated carbocycles. The number of likely N-dealkylation sites (tertiary alicyclic amines) is 1. The normalized spacial score (nSPS) is 23.2. The van der Waals surface area contributed by atoms with Gasteiger partial charge < -0.3 is 10.6 Å². The van der Waals surface area contributed by atoms with E-state index in [0.29, 0.717) is 19.0 Å². The lowest BCUT2D eigenvalue weighted by Crippen LogP contribution is -2.52. The van der Waals surface area contributed by atoms with Gasteiger partial charge in [0.2, 0.25) is 11.8 Å². The largest absolute Gasteiger partial charge is 0.369 e. The van der Waals surface area contributed by atoms with Crippen LogP contribution in [0.1, 0.15) is 50.6 Å². The Balaban J connectivity index is 1.67. The Morgan fingerprint density at radius 2 is 1.88 bits per heavy atom. The first-order chi connectivity index (χ1) is 12.5. The second kappa shape index (κ2) is 8.16. The van der Waals surface area contributed by atoms with E-state index in [1.165, 1.54) is 18.6 Å². The summed E-state index contributed by atoms with van der Waals surface area (Å²) in [7, 11) is 0. The van der Waals surface area contributed by atoms with Crippen LogP contribution in [-0.2, 0) is 9.59 Å². The number of piperidine rings is 1. The summed E-state index contributed by atoms with van der Waals surface area (Å²) in [6.07, 6.45) is 4.98. The zero-order valence-electron chi connectivity index (χ0n) is 15.3. The van der Waals surface area contributed by atoms with E-state index in [1.807, 2.05) is 6.92 Å². The van der Waals surface area contributed by atoms with Crippen LogP contribution in [-0.4, -0.2) is 35.8 Å². The molecule has 26 heavy (non-hydrogen) atoms. The van der Waals surface area contributed by atoms with Gasteiger partial charge in [-0.3, -0.25) is 14.9 Å². The number of rotatable bonds is 6. The van der Waals surface area contributed by atoms with Gasteiger partial charge in [-0.05, 0) is 56.2 Å². The average Bonchev–Trinajstić information content (AvgIpc) is 2.59. The van der Waals surface area contributed by atoms with E-state index in [9.17, 15) is 14.0 Å². The summed E-state index contributed by atoms with van der Waals surface area (Å²) in [5, 5.41) is 3.47. The smallest absolute Gasteiger partial charge is 0.239 e. The monoisotopic (exact) mass is 361 g/mol. The van der Waals surface area contributed by atoms with Gasteiger partial charge in [0.1, 0.15) is 5.82 Å². The van der Waals surface area contributed by atoms with Crippen LogP contribution in [0.25, 0.3) is 0 Å². The predicted molar refractivity (Wildman–Crippen MR) is 97.6 cm³/mol. The quantitative estimate of drug-likeness (QED) is 0.817. The summed E-state index contributed by atoms with van der Waals surface area (Å²) in [5.41, 5.74) is 6.43. The van der Waals surface area contributed by atoms with Gasteiger partial charge >= 0.3 is 0 Å². The lowest BCUT2D eigenvalue weighted by atomic mass is 9.77. The van der Waals surface area contributed by atoms with E-state index in [1.54, 1.807) is 17.0 Å². The van der Waals surface area contributed by atoms with Crippen molar-refractivity contribution in [3.8, 4) is 0 Å². The van der Waals surface area contributed by atoms with Crippen LogP contribution in [0.2, 0.25) is 0 Å². The Hall–Kier alpha value is -1.95. The molecule has 0 spiro atoms. The Morgan fingerprint density at radius 1 is 1.19 bits per heavy atom. The number of carbonyl (C=O) groups is 2. The molecule has 6 heteroatoms. The van der Waals surface area contributed by atoms with Crippen molar-refractivity contribution in [2.75, 3.05) is 13.1 Å². The molecule has 1 aromatic carbocycles. The second-order valence-corrected chi connectivity index (χ2v) is 7.63. The number of nitrogens with zero attached hydrogens (tertiary/aromatic N) is 1. The second-order valence-electron chi connectivity index (χ2n) is 7.63. The minimum atomic E-state index is -0.364. The molecular weight excluding hydrogens is 333 g/mol. The van der Waals surface area contributed by atoms with Gasteiger partial charge in [0.05, 0.1) is 12.0 Å². The van der Waals surface area contributed by atoms with Crippen molar-refractivity contribution in [3.63, 3.8) is 0 Å². The van der Waals surface area contributed by atoms with Crippen LogP contribution in [0.5, 0.6) is 0 Å². The number of primary amides is 1. The van der Waals surface area contributed by atoms with E-state index < -0.39 is 0 Å². The number of carbonyl (C=O) groups excluding carboxylic acids is 2. The number of amides is 2. The summed E-state index contributed by atoms with van der Waals surface area (Å²) in [5.74, 6) is -0.366. The number of nitrogens with two attached hydrogens (primary N) is 1. The number of nitrogens with one attached hydrogen (secondary N) is 1. The maximum atomic E-state index is 13.3. The molecule has 3 atom stereocenters. The SMILES string of the molecule is CC(NC(c1ccc(F)cc1)C1CCC1)C(=O)N1CCCC(C(N)=O)C1. The van der Waals surface area contributed by atoms with Gasteiger partial charge in [0.25, 0.3) is 0 Å². The van der Waals surface area contributed by atoms with Gasteiger partial charge in [0, 0.05) is 19.1 Å². The number of hydrogen-bond acceptors (Lipinski definition) is 3. The molecule has 0 aromatic heterocycles. The molecule has 1 heterocycles. The van der Waals surface area contributed by atoms with Crippen molar-refractivity contribution in [2.45, 2.75) is 51.1 Å². The van der Waals surface area contributed by atoms with Crippen molar-refractivity contribution < 1.29 is 14.0 Å². The van der Waals surface area contributed by atoms with Crippen LogP contribution < -0.4 is 11.1 Å². The average molecular weight is 361 g/mol. The third-order valence-electron chi connectivity index (χ3n) is 5.79. The molecule has 3 unspecified atom stereocenters. The maximum absolute atomic E-state index is 13.3. The molecule has 2 fully saturated rings. The molecule has 0 radical (unpaired) electrons. The van der Waals surface area contributed by atoms with E-state index in [4.69, 9.17) is 5.73 Å². The molecule has 1 aliphatic heterocycles. The van der Waals surface area contributed by atoms with Crippen molar-refractivity contribution >= 4 is 11.8 Å². The highest BCUT2D eigenvalue weighted by Gasteiger charge is 2.33. The summed E-state index contributed by atoms with van der Waals surface area (Å²) >= 11 is 0. The highest BCUT2D eigenvalue weighted by molar-refractivity contribution is 5.83. The van der Waals surface area contributed by atoms with Crippen molar-refractivity contribution in [1.29, 1.82) is 0 Å². The molecule has 2 aliphatic rings. The molecule has 3 rings (SSSR count). The Kier molecular flexibility index (Phi) is 5.91. The first-order valence-electron chi connectivity index (χ1n) is 9.55. The van der Waals surface area contributed by atoms with Crippen molar-refractivity contribution in [1.82, 2.24) is 10.2 Å². The van der Waals surface area contributed by atoms with Crippen LogP contribution in [0.3, 0.4) is 0 Å². The van der Waals surface area contributed by atoms with Gasteiger partial charge in [-0.15, -0.1) is 0 Å². The molecule has 2 amide bonds. The molecule has 3 N–H and O–H groups in total. The van der Waals surface area contributed by atoms with Crippen LogP contribution >= 0.6 is 0 Å². The van der Waals surface area contributed by atoms with Crippen LogP contribution in [0.4, 0.5) is 4.39 Å². The van der Waals surface area contributed by atoms with E-state index in [-0.39, 0.29) is 35.6 Å². The maximum Gasteiger partial charge on any atom is 0.239 e. The van der Waals surface area contributed by atoms with E-state index >= 15 is 0 Å². The number of halogens is 1. The zero-order chi connectivity index (χ0) is 18.7. The van der Waals surface area contributed by atoms with Gasteiger partial charge in [-0.1, -0.05) is 18.6 Å². The fourth-order valence-corrected chi connectivity index (χ4v) is 3.97. The lowest BCUT2D eigenvalue weighted by Gasteiger charge is -2.38. The molecule has 1 aliphatic carbocycles. The molecule has 1 saturated heterocycles. The fraction of sp³-hybridized carbons (Fsp3) is 0.600. The molecule has 142 valence electrons. The summed E-state index contributed by atoms with van der Waals surface area (Å²) in [6.45, 7) is 2.94. The fourth-order valence-electron chi connectivity index (χ4n) is 3.97. The molecular formula is C20H28FN3O2. The van der Waals surface area contributed by atoms with Gasteiger partial charge in [-0.2, -0.15) is 0 Å². The van der Waals surface area contributed by atoms with Crippen molar-refractivity contribution in [2.24, 2.45) is 17.6 Å². The predicted octanol–water partition coefficient (Wildman–Crippen LogP) is 2.37. The first-order valence-corrected chi connectivity index (χ1v) is 9.55. The van der Waals surface area contributed by atoms with Crippen LogP contribution in [0.15, 0.2) is 24.3 Å². The molecule has 5 nitrogen and oxygen atoms in total. The highest BCUT2D eigenvalue weighted by atomic mass is 19.1. The third-order valence-corrected chi connectivity index (χ3v) is 5.79. The minimum Gasteiger partial charge on any atom is -0.369 e. The topological polar surface area (TPSA) is 75.4 Å². The Bertz CT molecular complexity index is 645. The van der Waals surface area contributed by atoms with Crippen LogP contribution in [0, 0.1) is 17.7 Å². The molecule has 0 bridgehead atoms. The van der Waals surface area contributed by atoms with Gasteiger partial charge in [0.15, 0.2) is 0 Å². The summed E-state index contributed by atoms with van der Waals surface area (Å²) in [6, 6.07) is 6.21. The molecule has 1 aromatic rings. The first kappa shape index (κ1) is 18.8. The number of hydrogen-bond donors (Lipinski definition) is 2. The minimum absolute atomic E-state index is 0.00221. The Morgan fingerprint density at radius 3 is 2.46 bits per heavy atom. The highest BCUT2D eigenvalue weighted by Crippen LogP contribution is 2.38. The summed E-state index contributed by atoms with van der Waals surface area (Å²) < 4.78 is 13.3. The van der Waals surface area contributed by atoms with E-state index in [0.717, 1.165) is 31.2 Å². The van der Waals surface area contributed by atoms with E-state index in [2.05, 4.69) is 5.32 Å². The standard InChI is InChI=1S/C20H28FN3O2/c1-13(20(26)24-11-3-6-16(12-24)19(22)25)23-18(14-4-2-5-14)15-7-9-17(21)10-8-15/h7-10,13-14,16,18,23H,2-6,11-12H2,1H3,(H2,22,25).